The van der Waals surface area contributed by atoms with E-state index in [4.69, 9.17) is 9.73 Å². The molecule has 1 saturated carbocycles. The summed E-state index contributed by atoms with van der Waals surface area (Å²) in [5.41, 5.74) is 1.83. The molecule has 1 aliphatic carbocycles. The second-order valence-electron chi connectivity index (χ2n) is 8.96. The van der Waals surface area contributed by atoms with Gasteiger partial charge < -0.3 is 20.3 Å². The monoisotopic (exact) mass is 542 g/mol. The van der Waals surface area contributed by atoms with E-state index in [1.54, 1.807) is 0 Å². The molecule has 2 atom stereocenters. The number of halogens is 1. The summed E-state index contributed by atoms with van der Waals surface area (Å²) in [6.45, 7) is 11.2. The second-order valence-corrected chi connectivity index (χ2v) is 8.96. The highest BCUT2D eigenvalue weighted by Gasteiger charge is 2.26. The van der Waals surface area contributed by atoms with Crippen molar-refractivity contribution in [2.24, 2.45) is 10.9 Å². The number of hydrogen-bond donors (Lipinski definition) is 2. The van der Waals surface area contributed by atoms with Crippen LogP contribution in [0.25, 0.3) is 0 Å². The predicted molar refractivity (Wildman–Crippen MR) is 137 cm³/mol. The van der Waals surface area contributed by atoms with Crippen molar-refractivity contribution in [1.29, 1.82) is 0 Å². The van der Waals surface area contributed by atoms with E-state index < -0.39 is 0 Å². The molecule has 2 aliphatic rings. The summed E-state index contributed by atoms with van der Waals surface area (Å²) in [7, 11) is 0. The molecular weight excluding hydrogens is 503 g/mol. The lowest BCUT2D eigenvalue weighted by atomic mass is 9.87. The Morgan fingerprint density at radius 3 is 2.26 bits per heavy atom. The number of nitrogens with zero attached hydrogens (tertiary/aromatic N) is 2. The Morgan fingerprint density at radius 2 is 1.68 bits per heavy atom. The number of ether oxygens (including phenoxy) is 1. The molecule has 1 saturated heterocycles. The Hall–Kier alpha value is -1.35. The minimum Gasteiger partial charge on any atom is -0.372 e. The third kappa shape index (κ3) is 7.93. The van der Waals surface area contributed by atoms with Gasteiger partial charge in [-0.15, -0.1) is 24.0 Å². The summed E-state index contributed by atoms with van der Waals surface area (Å²) in [5, 5.41) is 6.95. The zero-order valence-corrected chi connectivity index (χ0v) is 21.7. The topological polar surface area (TPSA) is 66.0 Å². The number of hydrogen-bond acceptors (Lipinski definition) is 3. The van der Waals surface area contributed by atoms with Crippen molar-refractivity contribution >= 4 is 35.8 Å². The maximum atomic E-state index is 12.8. The van der Waals surface area contributed by atoms with Gasteiger partial charge in [0.1, 0.15) is 0 Å². The van der Waals surface area contributed by atoms with Crippen molar-refractivity contribution < 1.29 is 9.53 Å². The molecule has 1 aromatic carbocycles. The molecule has 0 aromatic heterocycles. The quantitative estimate of drug-likeness (QED) is 0.333. The third-order valence-corrected chi connectivity index (χ3v) is 6.03. The molecule has 6 nitrogen and oxygen atoms in total. The van der Waals surface area contributed by atoms with Gasteiger partial charge >= 0.3 is 0 Å². The zero-order chi connectivity index (χ0) is 21.5. The summed E-state index contributed by atoms with van der Waals surface area (Å²) < 4.78 is 5.73. The summed E-state index contributed by atoms with van der Waals surface area (Å²) >= 11 is 0. The number of nitrogens with one attached hydrogen (secondary N) is 2. The fourth-order valence-corrected chi connectivity index (χ4v) is 4.37. The number of carbonyl (C=O) groups excluding carboxylic acids is 1. The van der Waals surface area contributed by atoms with Crippen LogP contribution in [0.5, 0.6) is 0 Å². The Balaban J connectivity index is 0.00000341. The molecule has 2 N–H and O–H groups in total. The fraction of sp³-hybridized carbons (Fsp3) is 0.667. The van der Waals surface area contributed by atoms with Crippen molar-refractivity contribution in [3.05, 3.63) is 35.4 Å². The summed E-state index contributed by atoms with van der Waals surface area (Å²) in [6.07, 6.45) is 5.15. The van der Waals surface area contributed by atoms with E-state index in [1.807, 2.05) is 43.0 Å². The van der Waals surface area contributed by atoms with Crippen molar-refractivity contribution in [2.75, 3.05) is 19.6 Å². The maximum Gasteiger partial charge on any atom is 0.254 e. The molecule has 1 heterocycles. The van der Waals surface area contributed by atoms with Crippen LogP contribution in [0.4, 0.5) is 0 Å². The normalized spacial score (nSPS) is 26.7. The number of carbonyl (C=O) groups is 1. The molecular formula is C24H39IN4O2. The first-order chi connectivity index (χ1) is 14.4. The minimum atomic E-state index is 0. The number of rotatable bonds is 5. The second kappa shape index (κ2) is 12.6. The van der Waals surface area contributed by atoms with E-state index in [0.717, 1.165) is 29.5 Å². The lowest BCUT2D eigenvalue weighted by molar-refractivity contribution is -0.0586. The highest BCUT2D eigenvalue weighted by atomic mass is 127. The van der Waals surface area contributed by atoms with Gasteiger partial charge in [-0.3, -0.25) is 4.79 Å². The van der Waals surface area contributed by atoms with Crippen LogP contribution >= 0.6 is 24.0 Å². The lowest BCUT2D eigenvalue weighted by Gasteiger charge is -2.35. The number of amides is 1. The average Bonchev–Trinajstić information content (AvgIpc) is 2.73. The smallest absolute Gasteiger partial charge is 0.254 e. The van der Waals surface area contributed by atoms with E-state index in [1.165, 1.54) is 25.7 Å². The van der Waals surface area contributed by atoms with E-state index in [9.17, 15) is 4.79 Å². The van der Waals surface area contributed by atoms with Crippen LogP contribution in [0.1, 0.15) is 69.3 Å². The average molecular weight is 543 g/mol. The number of morpholine rings is 1. The molecule has 0 spiro atoms. The molecule has 31 heavy (non-hydrogen) atoms. The van der Waals surface area contributed by atoms with Crippen LogP contribution in [-0.4, -0.2) is 54.7 Å². The minimum absolute atomic E-state index is 0. The highest BCUT2D eigenvalue weighted by Crippen LogP contribution is 2.23. The maximum absolute atomic E-state index is 12.8. The van der Waals surface area contributed by atoms with E-state index in [2.05, 4.69) is 24.5 Å². The Bertz CT molecular complexity index is 707. The molecule has 0 radical (unpaired) electrons. The van der Waals surface area contributed by atoms with Crippen molar-refractivity contribution in [3.8, 4) is 0 Å². The molecule has 3 rings (SSSR count). The van der Waals surface area contributed by atoms with Crippen molar-refractivity contribution in [2.45, 2.75) is 78.2 Å². The molecule has 7 heteroatoms. The molecule has 2 fully saturated rings. The van der Waals surface area contributed by atoms with E-state index >= 15 is 0 Å². The van der Waals surface area contributed by atoms with Gasteiger partial charge in [-0.2, -0.15) is 0 Å². The SMILES string of the molecule is CCNC(=NCc1ccc(C(=O)N2CC(C)OC(C)C2)cc1)NC1CCC(C)CC1.I. The fourth-order valence-electron chi connectivity index (χ4n) is 4.37. The first-order valence-corrected chi connectivity index (χ1v) is 11.5. The molecule has 174 valence electrons. The van der Waals surface area contributed by atoms with E-state index in [0.29, 0.717) is 25.7 Å². The van der Waals surface area contributed by atoms with Crippen LogP contribution in [0, 0.1) is 5.92 Å². The van der Waals surface area contributed by atoms with Gasteiger partial charge in [-0.25, -0.2) is 4.99 Å². The summed E-state index contributed by atoms with van der Waals surface area (Å²) in [4.78, 5) is 19.5. The Kier molecular flexibility index (Phi) is 10.6. The van der Waals surface area contributed by atoms with Gasteiger partial charge in [0.15, 0.2) is 5.96 Å². The van der Waals surface area contributed by atoms with Crippen LogP contribution in [0.3, 0.4) is 0 Å². The van der Waals surface area contributed by atoms with Gasteiger partial charge in [0.25, 0.3) is 5.91 Å². The molecule has 0 bridgehead atoms. The zero-order valence-electron chi connectivity index (χ0n) is 19.4. The van der Waals surface area contributed by atoms with Crippen LogP contribution in [0.2, 0.25) is 0 Å². The van der Waals surface area contributed by atoms with Gasteiger partial charge in [0.2, 0.25) is 0 Å². The van der Waals surface area contributed by atoms with Crippen LogP contribution in [0.15, 0.2) is 29.3 Å². The summed E-state index contributed by atoms with van der Waals surface area (Å²) in [6, 6.07) is 8.37. The standard InChI is InChI=1S/C24H38N4O2.HI/c1-5-25-24(27-22-12-6-17(2)7-13-22)26-14-20-8-10-21(11-9-20)23(29)28-15-18(3)30-19(4)16-28;/h8-11,17-19,22H,5-7,12-16H2,1-4H3,(H2,25,26,27);1H. The van der Waals surface area contributed by atoms with Crippen LogP contribution < -0.4 is 10.6 Å². The molecule has 1 amide bonds. The first-order valence-electron chi connectivity index (χ1n) is 11.5. The first kappa shape index (κ1) is 25.9. The van der Waals surface area contributed by atoms with Crippen molar-refractivity contribution in [3.63, 3.8) is 0 Å². The highest BCUT2D eigenvalue weighted by molar-refractivity contribution is 14.0. The lowest BCUT2D eigenvalue weighted by Crippen LogP contribution is -2.48. The largest absolute Gasteiger partial charge is 0.372 e. The van der Waals surface area contributed by atoms with Gasteiger partial charge in [-0.05, 0) is 70.1 Å². The number of benzene rings is 1. The van der Waals surface area contributed by atoms with Gasteiger partial charge in [-0.1, -0.05) is 19.1 Å². The Labute approximate surface area is 204 Å². The van der Waals surface area contributed by atoms with Gasteiger partial charge in [0, 0.05) is 31.2 Å². The van der Waals surface area contributed by atoms with Crippen molar-refractivity contribution in [1.82, 2.24) is 15.5 Å². The number of aliphatic imine (C=N–C) groups is 1. The Morgan fingerprint density at radius 1 is 1.06 bits per heavy atom. The predicted octanol–water partition coefficient (Wildman–Crippen LogP) is 4.19. The molecule has 2 unspecified atom stereocenters. The molecule has 1 aromatic rings. The van der Waals surface area contributed by atoms with E-state index in [-0.39, 0.29) is 42.1 Å². The molecule has 1 aliphatic heterocycles. The third-order valence-electron chi connectivity index (χ3n) is 6.03. The van der Waals surface area contributed by atoms with Crippen LogP contribution in [-0.2, 0) is 11.3 Å². The summed E-state index contributed by atoms with van der Waals surface area (Å²) in [5.74, 6) is 1.80. The number of guanidine groups is 1. The van der Waals surface area contributed by atoms with Gasteiger partial charge in [0.05, 0.1) is 18.8 Å².